The standard InChI is InChI=1S/C22H41N3O8/c1-20(2,11-12-32-21(3,4)10-9-18(28)29)25-17(27)8-7-16(26)24-14-23-15-33-22(5,6)13-19(30)31/h23H,7-15H2,1-6H3,(H,24,26)(H,25,27)(H,28,29)(H,30,31). The minimum absolute atomic E-state index is 0.0215. The van der Waals surface area contributed by atoms with Gasteiger partial charge in [-0.15, -0.1) is 0 Å². The van der Waals surface area contributed by atoms with Gasteiger partial charge in [0.1, 0.15) is 0 Å². The molecule has 0 fully saturated rings. The first-order chi connectivity index (χ1) is 15.0. The Balaban J connectivity index is 4.07. The van der Waals surface area contributed by atoms with Crippen molar-refractivity contribution in [1.29, 1.82) is 0 Å². The van der Waals surface area contributed by atoms with Gasteiger partial charge in [0.2, 0.25) is 11.8 Å². The third kappa shape index (κ3) is 17.9. The number of carbonyl (C=O) groups excluding carboxylic acids is 2. The molecule has 0 aromatic heterocycles. The molecule has 0 spiro atoms. The highest BCUT2D eigenvalue weighted by atomic mass is 16.5. The Kier molecular flexibility index (Phi) is 13.2. The summed E-state index contributed by atoms with van der Waals surface area (Å²) in [5, 5.41) is 25.9. The van der Waals surface area contributed by atoms with Crippen LogP contribution in [0.15, 0.2) is 0 Å². The maximum atomic E-state index is 12.2. The van der Waals surface area contributed by atoms with E-state index < -0.39 is 28.7 Å². The average Bonchev–Trinajstić information content (AvgIpc) is 2.62. The predicted octanol–water partition coefficient (Wildman–Crippen LogP) is 1.60. The van der Waals surface area contributed by atoms with Crippen molar-refractivity contribution < 1.29 is 38.9 Å². The van der Waals surface area contributed by atoms with Crippen molar-refractivity contribution in [2.75, 3.05) is 20.0 Å². The van der Waals surface area contributed by atoms with E-state index in [0.29, 0.717) is 19.4 Å². The molecular weight excluding hydrogens is 434 g/mol. The lowest BCUT2D eigenvalue weighted by atomic mass is 9.99. The number of aliphatic carboxylic acids is 2. The zero-order valence-corrected chi connectivity index (χ0v) is 20.7. The molecule has 192 valence electrons. The predicted molar refractivity (Wildman–Crippen MR) is 121 cm³/mol. The van der Waals surface area contributed by atoms with E-state index in [2.05, 4.69) is 16.0 Å². The number of carboxylic acid groups (broad SMARTS) is 2. The van der Waals surface area contributed by atoms with Gasteiger partial charge in [0.25, 0.3) is 0 Å². The second-order valence-electron chi connectivity index (χ2n) is 9.83. The quantitative estimate of drug-likeness (QED) is 0.146. The first-order valence-electron chi connectivity index (χ1n) is 11.0. The molecule has 2 amide bonds. The Labute approximate surface area is 196 Å². The van der Waals surface area contributed by atoms with Crippen LogP contribution >= 0.6 is 0 Å². The zero-order valence-electron chi connectivity index (χ0n) is 20.7. The van der Waals surface area contributed by atoms with Gasteiger partial charge in [0, 0.05) is 31.4 Å². The summed E-state index contributed by atoms with van der Waals surface area (Å²) in [4.78, 5) is 45.5. The van der Waals surface area contributed by atoms with Crippen molar-refractivity contribution in [1.82, 2.24) is 16.0 Å². The minimum Gasteiger partial charge on any atom is -0.481 e. The molecule has 0 aliphatic rings. The lowest BCUT2D eigenvalue weighted by molar-refractivity contribution is -0.144. The van der Waals surface area contributed by atoms with E-state index in [1.165, 1.54) is 0 Å². The molecule has 0 aromatic carbocycles. The second-order valence-corrected chi connectivity index (χ2v) is 9.83. The zero-order chi connectivity index (χ0) is 25.7. The Morgan fingerprint density at radius 1 is 0.758 bits per heavy atom. The fourth-order valence-corrected chi connectivity index (χ4v) is 2.75. The number of hydrogen-bond donors (Lipinski definition) is 5. The number of ether oxygens (including phenoxy) is 2. The first kappa shape index (κ1) is 30.8. The highest BCUT2D eigenvalue weighted by Gasteiger charge is 2.25. The van der Waals surface area contributed by atoms with Crippen LogP contribution in [0.1, 0.15) is 80.1 Å². The van der Waals surface area contributed by atoms with Crippen LogP contribution in [0, 0.1) is 0 Å². The van der Waals surface area contributed by atoms with Crippen LogP contribution < -0.4 is 16.0 Å². The summed E-state index contributed by atoms with van der Waals surface area (Å²) in [5.41, 5.74) is -1.94. The summed E-state index contributed by atoms with van der Waals surface area (Å²) < 4.78 is 11.2. The first-order valence-corrected chi connectivity index (χ1v) is 11.0. The highest BCUT2D eigenvalue weighted by molar-refractivity contribution is 5.84. The number of carbonyl (C=O) groups is 4. The van der Waals surface area contributed by atoms with Crippen molar-refractivity contribution in [3.05, 3.63) is 0 Å². The number of amides is 2. The summed E-state index contributed by atoms with van der Waals surface area (Å²) in [5.74, 6) is -2.38. The minimum atomic E-state index is -0.957. The van der Waals surface area contributed by atoms with Crippen molar-refractivity contribution in [2.45, 2.75) is 96.8 Å². The molecule has 33 heavy (non-hydrogen) atoms. The van der Waals surface area contributed by atoms with Crippen LogP contribution in [-0.4, -0.2) is 70.7 Å². The van der Waals surface area contributed by atoms with Crippen LogP contribution in [-0.2, 0) is 28.7 Å². The van der Waals surface area contributed by atoms with Gasteiger partial charge in [-0.05, 0) is 54.4 Å². The average molecular weight is 476 g/mol. The summed E-state index contributed by atoms with van der Waals surface area (Å²) in [7, 11) is 0. The van der Waals surface area contributed by atoms with E-state index in [1.807, 2.05) is 27.7 Å². The normalized spacial score (nSPS) is 12.3. The number of rotatable bonds is 18. The van der Waals surface area contributed by atoms with E-state index >= 15 is 0 Å². The number of carboxylic acids is 2. The van der Waals surface area contributed by atoms with Gasteiger partial charge in [-0.2, -0.15) is 0 Å². The number of hydrogen-bond acceptors (Lipinski definition) is 7. The molecule has 0 atom stereocenters. The lowest BCUT2D eigenvalue weighted by Crippen LogP contribution is -2.45. The Bertz CT molecular complexity index is 662. The SMILES string of the molecule is CC(C)(CCOC(C)(C)CCC(=O)O)NC(=O)CCC(=O)NCNCOC(C)(C)CC(=O)O. The Morgan fingerprint density at radius 3 is 1.94 bits per heavy atom. The van der Waals surface area contributed by atoms with Crippen LogP contribution in [0.25, 0.3) is 0 Å². The molecule has 0 aromatic rings. The molecule has 0 saturated heterocycles. The molecule has 11 heteroatoms. The Morgan fingerprint density at radius 2 is 1.36 bits per heavy atom. The molecule has 0 heterocycles. The summed E-state index contributed by atoms with van der Waals surface area (Å²) in [6.45, 7) is 11.3. The smallest absolute Gasteiger partial charge is 0.306 e. The molecule has 0 unspecified atom stereocenters. The fourth-order valence-electron chi connectivity index (χ4n) is 2.75. The van der Waals surface area contributed by atoms with E-state index in [0.717, 1.165) is 0 Å². The fraction of sp³-hybridized carbons (Fsp3) is 0.818. The third-order valence-corrected chi connectivity index (χ3v) is 4.77. The molecule has 0 radical (unpaired) electrons. The molecular formula is C22H41N3O8. The lowest BCUT2D eigenvalue weighted by Gasteiger charge is -2.30. The second kappa shape index (κ2) is 14.1. The molecule has 11 nitrogen and oxygen atoms in total. The third-order valence-electron chi connectivity index (χ3n) is 4.77. The maximum absolute atomic E-state index is 12.2. The van der Waals surface area contributed by atoms with Crippen molar-refractivity contribution in [3.8, 4) is 0 Å². The van der Waals surface area contributed by atoms with Crippen molar-refractivity contribution in [2.24, 2.45) is 0 Å². The molecule has 5 N–H and O–H groups in total. The van der Waals surface area contributed by atoms with Crippen LogP contribution in [0.4, 0.5) is 0 Å². The Hall–Kier alpha value is -2.24. The molecule has 0 saturated carbocycles. The summed E-state index contributed by atoms with van der Waals surface area (Å²) >= 11 is 0. The van der Waals surface area contributed by atoms with Gasteiger partial charge in [-0.3, -0.25) is 24.5 Å². The van der Waals surface area contributed by atoms with Gasteiger partial charge in [-0.1, -0.05) is 0 Å². The van der Waals surface area contributed by atoms with Gasteiger partial charge >= 0.3 is 11.9 Å². The number of nitrogens with one attached hydrogen (secondary N) is 3. The molecule has 0 bridgehead atoms. The summed E-state index contributed by atoms with van der Waals surface area (Å²) in [6.07, 6.45) is 0.868. The highest BCUT2D eigenvalue weighted by Crippen LogP contribution is 2.19. The van der Waals surface area contributed by atoms with Gasteiger partial charge in [0.15, 0.2) is 0 Å². The van der Waals surface area contributed by atoms with Crippen LogP contribution in [0.3, 0.4) is 0 Å². The van der Waals surface area contributed by atoms with E-state index in [-0.39, 0.29) is 50.9 Å². The van der Waals surface area contributed by atoms with Gasteiger partial charge in [-0.25, -0.2) is 0 Å². The topological polar surface area (TPSA) is 163 Å². The van der Waals surface area contributed by atoms with Crippen LogP contribution in [0.5, 0.6) is 0 Å². The molecule has 0 aliphatic carbocycles. The van der Waals surface area contributed by atoms with E-state index in [1.54, 1.807) is 13.8 Å². The maximum Gasteiger partial charge on any atom is 0.306 e. The van der Waals surface area contributed by atoms with Crippen LogP contribution in [0.2, 0.25) is 0 Å². The monoisotopic (exact) mass is 475 g/mol. The van der Waals surface area contributed by atoms with Crippen molar-refractivity contribution in [3.63, 3.8) is 0 Å². The summed E-state index contributed by atoms with van der Waals surface area (Å²) in [6, 6.07) is 0. The van der Waals surface area contributed by atoms with Crippen molar-refractivity contribution >= 4 is 23.8 Å². The van der Waals surface area contributed by atoms with Gasteiger partial charge < -0.3 is 30.3 Å². The van der Waals surface area contributed by atoms with E-state index in [9.17, 15) is 19.2 Å². The van der Waals surface area contributed by atoms with E-state index in [4.69, 9.17) is 19.7 Å². The largest absolute Gasteiger partial charge is 0.481 e. The van der Waals surface area contributed by atoms with Gasteiger partial charge in [0.05, 0.1) is 31.0 Å². The molecule has 0 rings (SSSR count). The molecule has 0 aliphatic heterocycles.